The summed E-state index contributed by atoms with van der Waals surface area (Å²) in [6, 6.07) is 9.37. The number of rotatable bonds is 5. The van der Waals surface area contributed by atoms with E-state index in [2.05, 4.69) is 21.2 Å². The first-order valence-corrected chi connectivity index (χ1v) is 6.82. The van der Waals surface area contributed by atoms with Crippen molar-refractivity contribution < 1.29 is 19.4 Å². The summed E-state index contributed by atoms with van der Waals surface area (Å²) in [5, 5.41) is 21.2. The molecular formula is C14H14BrNO4. The summed E-state index contributed by atoms with van der Waals surface area (Å²) in [6.45, 7) is -0.186. The summed E-state index contributed by atoms with van der Waals surface area (Å²) in [5.74, 6) is -0.0201. The van der Waals surface area contributed by atoms with Crippen LogP contribution < -0.4 is 5.32 Å². The summed E-state index contributed by atoms with van der Waals surface area (Å²) in [4.78, 5) is 11.9. The molecule has 1 heterocycles. The highest BCUT2D eigenvalue weighted by molar-refractivity contribution is 9.10. The number of aromatic hydroxyl groups is 1. The Morgan fingerprint density at radius 2 is 1.95 bits per heavy atom. The van der Waals surface area contributed by atoms with Crippen LogP contribution in [0.15, 0.2) is 45.5 Å². The van der Waals surface area contributed by atoms with E-state index < -0.39 is 6.04 Å². The minimum atomic E-state index is -0.420. The molecule has 0 aliphatic carbocycles. The number of aliphatic hydroxyl groups is 1. The van der Waals surface area contributed by atoms with Crippen molar-refractivity contribution in [1.29, 1.82) is 0 Å². The highest BCUT2D eigenvalue weighted by Gasteiger charge is 2.16. The zero-order chi connectivity index (χ0) is 14.5. The Morgan fingerprint density at radius 1 is 1.25 bits per heavy atom. The van der Waals surface area contributed by atoms with Gasteiger partial charge in [-0.05, 0) is 52.2 Å². The van der Waals surface area contributed by atoms with Gasteiger partial charge >= 0.3 is 0 Å². The number of carbonyl (C=O) groups excluding carboxylic acids is 1. The zero-order valence-electron chi connectivity index (χ0n) is 10.5. The van der Waals surface area contributed by atoms with Gasteiger partial charge in [0.1, 0.15) is 5.75 Å². The molecule has 0 spiro atoms. The average molecular weight is 340 g/mol. The summed E-state index contributed by atoms with van der Waals surface area (Å²) in [5.41, 5.74) is 0.905. The molecule has 1 amide bonds. The van der Waals surface area contributed by atoms with Gasteiger partial charge in [-0.25, -0.2) is 0 Å². The third kappa shape index (κ3) is 3.85. The number of halogens is 1. The zero-order valence-corrected chi connectivity index (χ0v) is 12.1. The lowest BCUT2D eigenvalue weighted by atomic mass is 10.1. The molecule has 2 aromatic rings. The van der Waals surface area contributed by atoms with Crippen LogP contribution in [0.5, 0.6) is 5.75 Å². The van der Waals surface area contributed by atoms with Gasteiger partial charge in [0.05, 0.1) is 12.6 Å². The molecule has 2 rings (SSSR count). The van der Waals surface area contributed by atoms with E-state index in [0.717, 1.165) is 5.56 Å². The smallest absolute Gasteiger partial charge is 0.287 e. The Hall–Kier alpha value is -1.79. The van der Waals surface area contributed by atoms with Crippen molar-refractivity contribution in [3.05, 3.63) is 52.4 Å². The molecule has 0 saturated carbocycles. The van der Waals surface area contributed by atoms with E-state index in [1.54, 1.807) is 36.4 Å². The maximum Gasteiger partial charge on any atom is 0.287 e. The van der Waals surface area contributed by atoms with E-state index in [0.29, 0.717) is 11.1 Å². The van der Waals surface area contributed by atoms with Crippen molar-refractivity contribution in [2.45, 2.75) is 12.5 Å². The van der Waals surface area contributed by atoms with Crippen LogP contribution in [-0.2, 0) is 6.42 Å². The number of benzene rings is 1. The first-order valence-electron chi connectivity index (χ1n) is 6.03. The van der Waals surface area contributed by atoms with Crippen LogP contribution in [-0.4, -0.2) is 28.8 Å². The molecule has 0 aliphatic heterocycles. The van der Waals surface area contributed by atoms with Gasteiger partial charge in [0.25, 0.3) is 5.91 Å². The van der Waals surface area contributed by atoms with Gasteiger partial charge in [0.2, 0.25) is 0 Å². The molecule has 0 bridgehead atoms. The number of phenolic OH excluding ortho intramolecular Hbond substituents is 1. The van der Waals surface area contributed by atoms with Gasteiger partial charge in [-0.2, -0.15) is 0 Å². The molecule has 1 aromatic heterocycles. The summed E-state index contributed by atoms with van der Waals surface area (Å²) in [7, 11) is 0. The van der Waals surface area contributed by atoms with Gasteiger partial charge in [-0.3, -0.25) is 4.79 Å². The SMILES string of the molecule is O=C(N[C@H](CO)Cc1ccc(O)cc1)c1ccc(Br)o1. The number of carbonyl (C=O) groups is 1. The molecular weight excluding hydrogens is 326 g/mol. The van der Waals surface area contributed by atoms with Gasteiger partial charge in [0, 0.05) is 0 Å². The van der Waals surface area contributed by atoms with Gasteiger partial charge in [0.15, 0.2) is 10.4 Å². The monoisotopic (exact) mass is 339 g/mol. The highest BCUT2D eigenvalue weighted by Crippen LogP contribution is 2.15. The number of nitrogens with one attached hydrogen (secondary N) is 1. The third-order valence-corrected chi connectivity index (χ3v) is 3.20. The van der Waals surface area contributed by atoms with E-state index >= 15 is 0 Å². The fourth-order valence-corrected chi connectivity index (χ4v) is 2.08. The second-order valence-electron chi connectivity index (χ2n) is 4.33. The van der Waals surface area contributed by atoms with E-state index in [1.807, 2.05) is 0 Å². The van der Waals surface area contributed by atoms with Gasteiger partial charge < -0.3 is 19.9 Å². The summed E-state index contributed by atoms with van der Waals surface area (Å²) < 4.78 is 5.62. The quantitative estimate of drug-likeness (QED) is 0.778. The van der Waals surface area contributed by atoms with E-state index in [9.17, 15) is 15.0 Å². The molecule has 5 nitrogen and oxygen atoms in total. The number of hydrogen-bond donors (Lipinski definition) is 3. The van der Waals surface area contributed by atoms with Gasteiger partial charge in [-0.1, -0.05) is 12.1 Å². The topological polar surface area (TPSA) is 82.7 Å². The Balaban J connectivity index is 1.98. The van der Waals surface area contributed by atoms with Crippen molar-refractivity contribution in [1.82, 2.24) is 5.32 Å². The Morgan fingerprint density at radius 3 is 2.50 bits per heavy atom. The predicted octanol–water partition coefficient (Wildman–Crippen LogP) is 2.08. The van der Waals surface area contributed by atoms with Crippen molar-refractivity contribution in [3.63, 3.8) is 0 Å². The van der Waals surface area contributed by atoms with E-state index in [1.165, 1.54) is 0 Å². The largest absolute Gasteiger partial charge is 0.508 e. The number of amides is 1. The molecule has 0 aliphatic rings. The molecule has 20 heavy (non-hydrogen) atoms. The standard InChI is InChI=1S/C14H14BrNO4/c15-13-6-5-12(20-13)14(19)16-10(8-17)7-9-1-3-11(18)4-2-9/h1-6,10,17-18H,7-8H2,(H,16,19)/t10-/m0/s1. The molecule has 0 unspecified atom stereocenters. The fraction of sp³-hybridized carbons (Fsp3) is 0.214. The predicted molar refractivity (Wildman–Crippen MR) is 76.6 cm³/mol. The van der Waals surface area contributed by atoms with Crippen molar-refractivity contribution in [2.24, 2.45) is 0 Å². The average Bonchev–Trinajstić information content (AvgIpc) is 2.87. The molecule has 3 N–H and O–H groups in total. The number of aliphatic hydroxyl groups excluding tert-OH is 1. The van der Waals surface area contributed by atoms with Crippen molar-refractivity contribution >= 4 is 21.8 Å². The summed E-state index contributed by atoms with van der Waals surface area (Å²) in [6.07, 6.45) is 0.463. The second-order valence-corrected chi connectivity index (χ2v) is 5.11. The first kappa shape index (κ1) is 14.6. The van der Waals surface area contributed by atoms with Crippen LogP contribution >= 0.6 is 15.9 Å². The lowest BCUT2D eigenvalue weighted by Crippen LogP contribution is -2.38. The van der Waals surface area contributed by atoms with E-state index in [4.69, 9.17) is 4.42 Å². The molecule has 1 aromatic carbocycles. The third-order valence-electron chi connectivity index (χ3n) is 2.77. The minimum absolute atomic E-state index is 0.179. The van der Waals surface area contributed by atoms with Crippen LogP contribution in [0.2, 0.25) is 0 Å². The van der Waals surface area contributed by atoms with Crippen LogP contribution in [0.25, 0.3) is 0 Å². The lowest BCUT2D eigenvalue weighted by molar-refractivity contribution is 0.0887. The van der Waals surface area contributed by atoms with Crippen molar-refractivity contribution in [2.75, 3.05) is 6.61 Å². The maximum absolute atomic E-state index is 11.9. The molecule has 1 atom stereocenters. The number of furan rings is 1. The Bertz CT molecular complexity index is 579. The second kappa shape index (κ2) is 6.58. The normalized spacial score (nSPS) is 12.1. The first-order chi connectivity index (χ1) is 9.58. The van der Waals surface area contributed by atoms with Crippen LogP contribution in [0.3, 0.4) is 0 Å². The number of hydrogen-bond acceptors (Lipinski definition) is 4. The molecule has 0 fully saturated rings. The minimum Gasteiger partial charge on any atom is -0.508 e. The van der Waals surface area contributed by atoms with E-state index in [-0.39, 0.29) is 24.0 Å². The molecule has 6 heteroatoms. The Labute approximate surface area is 124 Å². The molecule has 0 saturated heterocycles. The highest BCUT2D eigenvalue weighted by atomic mass is 79.9. The van der Waals surface area contributed by atoms with Crippen LogP contribution in [0, 0.1) is 0 Å². The molecule has 106 valence electrons. The van der Waals surface area contributed by atoms with Crippen molar-refractivity contribution in [3.8, 4) is 5.75 Å². The van der Waals surface area contributed by atoms with Crippen LogP contribution in [0.1, 0.15) is 16.1 Å². The summed E-state index contributed by atoms with van der Waals surface area (Å²) >= 11 is 3.12. The fourth-order valence-electron chi connectivity index (χ4n) is 1.77. The molecule has 0 radical (unpaired) electrons. The van der Waals surface area contributed by atoms with Crippen LogP contribution in [0.4, 0.5) is 0 Å². The Kier molecular flexibility index (Phi) is 4.81. The maximum atomic E-state index is 11.9. The lowest BCUT2D eigenvalue weighted by Gasteiger charge is -2.15. The number of phenols is 1. The van der Waals surface area contributed by atoms with Gasteiger partial charge in [-0.15, -0.1) is 0 Å².